The fourth-order valence-electron chi connectivity index (χ4n) is 2.98. The molecule has 4 aromatic rings. The molecule has 1 N–H and O–H groups in total. The van der Waals surface area contributed by atoms with Crippen LogP contribution in [-0.2, 0) is 4.79 Å². The van der Waals surface area contributed by atoms with E-state index in [0.717, 1.165) is 0 Å². The number of nitrogens with one attached hydrogen (secondary N) is 1. The number of aromatic nitrogens is 1. The molecular weight excluding hydrogens is 361 g/mol. The van der Waals surface area contributed by atoms with Crippen molar-refractivity contribution in [1.29, 1.82) is 5.26 Å². The predicted octanol–water partition coefficient (Wildman–Crippen LogP) is 4.08. The molecule has 4 rings (SSSR count). The lowest BCUT2D eigenvalue weighted by atomic mass is 9.98. The van der Waals surface area contributed by atoms with E-state index in [4.69, 9.17) is 4.52 Å². The van der Waals surface area contributed by atoms with Gasteiger partial charge in [-0.3, -0.25) is 9.59 Å². The van der Waals surface area contributed by atoms with E-state index in [-0.39, 0.29) is 11.3 Å². The van der Waals surface area contributed by atoms with Crippen LogP contribution in [0.4, 0.5) is 10.1 Å². The number of Topliss-reactive ketones (excluding diaryl/α,β-unsaturated/α-hetero) is 1. The molecule has 0 bridgehead atoms. The smallest absolute Gasteiger partial charge is 0.249 e. The van der Waals surface area contributed by atoms with Crippen molar-refractivity contribution < 1.29 is 18.5 Å². The van der Waals surface area contributed by atoms with Gasteiger partial charge in [0.1, 0.15) is 5.82 Å². The van der Waals surface area contributed by atoms with Crippen LogP contribution in [0.3, 0.4) is 0 Å². The summed E-state index contributed by atoms with van der Waals surface area (Å²) in [4.78, 5) is 25.2. The normalized spacial score (nSPS) is 11.9. The summed E-state index contributed by atoms with van der Waals surface area (Å²) in [5.74, 6) is -3.61. The molecular formula is C21H12FN3O3. The largest absolute Gasteiger partial charge is 0.355 e. The van der Waals surface area contributed by atoms with Crippen LogP contribution < -0.4 is 5.32 Å². The first kappa shape index (κ1) is 17.4. The number of amides is 1. The fraction of sp³-hybridized carbons (Fsp3) is 0.0476. The lowest BCUT2D eigenvalue weighted by Crippen LogP contribution is -2.29. The number of hydrogen-bond donors (Lipinski definition) is 1. The van der Waals surface area contributed by atoms with Gasteiger partial charge in [-0.25, -0.2) is 4.39 Å². The summed E-state index contributed by atoms with van der Waals surface area (Å²) in [6, 6.07) is 17.7. The number of hydrogen-bond acceptors (Lipinski definition) is 5. The molecule has 1 amide bonds. The van der Waals surface area contributed by atoms with Crippen molar-refractivity contribution in [2.45, 2.75) is 0 Å². The third kappa shape index (κ3) is 2.97. The molecule has 0 spiro atoms. The third-order valence-corrected chi connectivity index (χ3v) is 4.35. The maximum Gasteiger partial charge on any atom is 0.249 e. The molecule has 136 valence electrons. The molecule has 7 heteroatoms. The number of nitrogens with zero attached hydrogens (tertiary/aromatic N) is 2. The van der Waals surface area contributed by atoms with Gasteiger partial charge in [0, 0.05) is 11.1 Å². The second-order valence-electron chi connectivity index (χ2n) is 6.12. The van der Waals surface area contributed by atoms with Crippen LogP contribution in [0.1, 0.15) is 10.5 Å². The van der Waals surface area contributed by atoms with E-state index in [1.54, 1.807) is 54.6 Å². The molecule has 6 nitrogen and oxygen atoms in total. The van der Waals surface area contributed by atoms with E-state index in [9.17, 15) is 19.2 Å². The quantitative estimate of drug-likeness (QED) is 0.429. The van der Waals surface area contributed by atoms with Crippen molar-refractivity contribution in [3.05, 3.63) is 72.2 Å². The molecule has 0 aliphatic carbocycles. The van der Waals surface area contributed by atoms with Gasteiger partial charge >= 0.3 is 0 Å². The molecule has 1 unspecified atom stereocenters. The number of rotatable bonds is 4. The highest BCUT2D eigenvalue weighted by molar-refractivity contribution is 6.20. The van der Waals surface area contributed by atoms with Crippen LogP contribution in [0.15, 0.2) is 65.2 Å². The highest BCUT2D eigenvalue weighted by atomic mass is 19.1. The lowest BCUT2D eigenvalue weighted by Gasteiger charge is -2.08. The van der Waals surface area contributed by atoms with E-state index >= 15 is 0 Å². The first-order chi connectivity index (χ1) is 13.6. The molecule has 0 saturated carbocycles. The van der Waals surface area contributed by atoms with Gasteiger partial charge in [0.05, 0.1) is 11.5 Å². The third-order valence-electron chi connectivity index (χ3n) is 4.35. The Labute approximate surface area is 158 Å². The maximum absolute atomic E-state index is 13.6. The van der Waals surface area contributed by atoms with Crippen LogP contribution >= 0.6 is 0 Å². The summed E-state index contributed by atoms with van der Waals surface area (Å²) in [6.07, 6.45) is 0. The minimum atomic E-state index is -1.60. The summed E-state index contributed by atoms with van der Waals surface area (Å²) >= 11 is 0. The topological polar surface area (TPSA) is 96.0 Å². The molecule has 0 aliphatic rings. The van der Waals surface area contributed by atoms with Crippen molar-refractivity contribution in [3.63, 3.8) is 0 Å². The number of para-hydroxylation sites is 1. The molecule has 0 fully saturated rings. The molecule has 3 aromatic carbocycles. The van der Waals surface area contributed by atoms with Gasteiger partial charge in [-0.1, -0.05) is 35.5 Å². The monoisotopic (exact) mass is 373 g/mol. The number of benzene rings is 3. The minimum Gasteiger partial charge on any atom is -0.355 e. The minimum absolute atomic E-state index is 0.143. The molecule has 0 saturated heterocycles. The van der Waals surface area contributed by atoms with Gasteiger partial charge in [-0.15, -0.1) is 0 Å². The van der Waals surface area contributed by atoms with Crippen LogP contribution in [0.2, 0.25) is 0 Å². The number of fused-ring (bicyclic) bond motifs is 3. The highest BCUT2D eigenvalue weighted by Gasteiger charge is 2.31. The zero-order valence-corrected chi connectivity index (χ0v) is 14.3. The lowest BCUT2D eigenvalue weighted by molar-refractivity contribution is -0.117. The Bertz CT molecular complexity index is 1260. The molecule has 28 heavy (non-hydrogen) atoms. The van der Waals surface area contributed by atoms with Gasteiger partial charge in [-0.2, -0.15) is 5.26 Å². The number of ketones is 1. The molecule has 1 atom stereocenters. The Hall–Kier alpha value is -4.05. The molecule has 0 radical (unpaired) electrons. The number of nitriles is 1. The summed E-state index contributed by atoms with van der Waals surface area (Å²) in [6.45, 7) is 0. The number of carbonyl (C=O) groups is 2. The van der Waals surface area contributed by atoms with Gasteiger partial charge in [0.2, 0.25) is 11.7 Å². The Morgan fingerprint density at radius 1 is 1.07 bits per heavy atom. The van der Waals surface area contributed by atoms with Crippen molar-refractivity contribution >= 4 is 39.1 Å². The Kier molecular flexibility index (Phi) is 4.30. The summed E-state index contributed by atoms with van der Waals surface area (Å²) in [7, 11) is 0. The van der Waals surface area contributed by atoms with Crippen LogP contribution in [0.5, 0.6) is 0 Å². The molecule has 0 aliphatic heterocycles. The number of carbonyl (C=O) groups excluding carboxylic acids is 2. The zero-order chi connectivity index (χ0) is 19.7. The van der Waals surface area contributed by atoms with Crippen molar-refractivity contribution in [1.82, 2.24) is 5.16 Å². The molecule has 1 heterocycles. The summed E-state index contributed by atoms with van der Waals surface area (Å²) in [5.41, 5.74) is 0.545. The van der Waals surface area contributed by atoms with E-state index in [0.29, 0.717) is 21.8 Å². The SMILES string of the molecule is N#CC(C(=O)Nc1ccccc1)C(=O)c1noc2c1ccc1ccc(F)cc12. The second-order valence-corrected chi connectivity index (χ2v) is 6.12. The van der Waals surface area contributed by atoms with E-state index in [1.165, 1.54) is 12.1 Å². The van der Waals surface area contributed by atoms with Crippen molar-refractivity contribution in [3.8, 4) is 6.07 Å². The standard InChI is InChI=1S/C21H12FN3O3/c22-13-8-6-12-7-9-15-18(25-28-20(15)16(12)10-13)19(26)17(11-23)21(27)24-14-4-2-1-3-5-14/h1-10,17H,(H,24,27). The van der Waals surface area contributed by atoms with E-state index in [2.05, 4.69) is 10.5 Å². The van der Waals surface area contributed by atoms with Gasteiger partial charge in [-0.05, 0) is 35.7 Å². The first-order valence-corrected chi connectivity index (χ1v) is 8.36. The maximum atomic E-state index is 13.6. The molecule has 1 aromatic heterocycles. The van der Waals surface area contributed by atoms with Crippen LogP contribution in [-0.4, -0.2) is 16.8 Å². The fourth-order valence-corrected chi connectivity index (χ4v) is 2.98. The number of halogens is 1. The average molecular weight is 373 g/mol. The van der Waals surface area contributed by atoms with Crippen molar-refractivity contribution in [2.75, 3.05) is 5.32 Å². The van der Waals surface area contributed by atoms with Crippen LogP contribution in [0, 0.1) is 23.1 Å². The first-order valence-electron chi connectivity index (χ1n) is 8.36. The predicted molar refractivity (Wildman–Crippen MR) is 100.0 cm³/mol. The van der Waals surface area contributed by atoms with Crippen molar-refractivity contribution in [2.24, 2.45) is 5.92 Å². The Morgan fingerprint density at radius 2 is 1.82 bits per heavy atom. The van der Waals surface area contributed by atoms with Gasteiger partial charge in [0.15, 0.2) is 17.2 Å². The van der Waals surface area contributed by atoms with E-state index in [1.807, 2.05) is 0 Å². The summed E-state index contributed by atoms with van der Waals surface area (Å²) in [5, 5.41) is 17.1. The Balaban J connectivity index is 1.71. The number of anilines is 1. The van der Waals surface area contributed by atoms with E-state index < -0.39 is 23.4 Å². The Morgan fingerprint density at radius 3 is 2.57 bits per heavy atom. The zero-order valence-electron chi connectivity index (χ0n) is 14.3. The average Bonchev–Trinajstić information content (AvgIpc) is 3.14. The highest BCUT2D eigenvalue weighted by Crippen LogP contribution is 2.29. The summed E-state index contributed by atoms with van der Waals surface area (Å²) < 4.78 is 18.9. The van der Waals surface area contributed by atoms with Gasteiger partial charge in [0.25, 0.3) is 0 Å². The van der Waals surface area contributed by atoms with Gasteiger partial charge < -0.3 is 9.84 Å². The van der Waals surface area contributed by atoms with Crippen LogP contribution in [0.25, 0.3) is 21.7 Å². The second kappa shape index (κ2) is 6.93.